The van der Waals surface area contributed by atoms with Gasteiger partial charge in [-0.2, -0.15) is 0 Å². The van der Waals surface area contributed by atoms with E-state index in [4.69, 9.17) is 0 Å². The zero-order chi connectivity index (χ0) is 14.7. The van der Waals surface area contributed by atoms with Crippen molar-refractivity contribution in [3.8, 4) is 0 Å². The van der Waals surface area contributed by atoms with E-state index in [1.54, 1.807) is 6.20 Å². The van der Waals surface area contributed by atoms with Crippen molar-refractivity contribution in [2.45, 2.75) is 38.9 Å². The second-order valence-corrected chi connectivity index (χ2v) is 5.65. The summed E-state index contributed by atoms with van der Waals surface area (Å²) in [5, 5.41) is 3.46. The van der Waals surface area contributed by atoms with Crippen LogP contribution in [-0.4, -0.2) is 28.0 Å². The molecule has 0 spiro atoms. The molecule has 2 heterocycles. The summed E-state index contributed by atoms with van der Waals surface area (Å²) in [5.74, 6) is 0.883. The van der Waals surface area contributed by atoms with Crippen LogP contribution in [-0.2, 0) is 13.1 Å². The first-order valence-electron chi connectivity index (χ1n) is 7.39. The molecule has 1 aliphatic rings. The maximum Gasteiger partial charge on any atom is 0.147 e. The molecule has 0 bridgehead atoms. The van der Waals surface area contributed by atoms with Crippen LogP contribution in [0.15, 0.2) is 30.6 Å². The van der Waals surface area contributed by atoms with Gasteiger partial charge < -0.3 is 10.2 Å². The fourth-order valence-corrected chi connectivity index (χ4v) is 2.21. The van der Waals surface area contributed by atoms with Gasteiger partial charge in [-0.05, 0) is 31.9 Å². The van der Waals surface area contributed by atoms with Gasteiger partial charge in [0.05, 0.1) is 24.1 Å². The van der Waals surface area contributed by atoms with E-state index >= 15 is 0 Å². The van der Waals surface area contributed by atoms with Crippen LogP contribution in [0.3, 0.4) is 0 Å². The monoisotopic (exact) mass is 283 g/mol. The van der Waals surface area contributed by atoms with Crippen LogP contribution in [0.1, 0.15) is 29.9 Å². The Bertz CT molecular complexity index is 609. The van der Waals surface area contributed by atoms with E-state index in [0.717, 1.165) is 36.0 Å². The predicted octanol–water partition coefficient (Wildman–Crippen LogP) is 2.07. The summed E-state index contributed by atoms with van der Waals surface area (Å²) in [4.78, 5) is 15.6. The van der Waals surface area contributed by atoms with Gasteiger partial charge in [-0.3, -0.25) is 9.97 Å². The molecule has 21 heavy (non-hydrogen) atoms. The zero-order valence-corrected chi connectivity index (χ0v) is 12.6. The lowest BCUT2D eigenvalue weighted by Crippen LogP contribution is -2.21. The fraction of sp³-hybridized carbons (Fsp3) is 0.438. The minimum atomic E-state index is 0.685. The maximum absolute atomic E-state index is 4.66. The highest BCUT2D eigenvalue weighted by Crippen LogP contribution is 2.19. The first-order valence-corrected chi connectivity index (χ1v) is 7.39. The van der Waals surface area contributed by atoms with E-state index < -0.39 is 0 Å². The average Bonchev–Trinajstić information content (AvgIpc) is 3.30. The summed E-state index contributed by atoms with van der Waals surface area (Å²) in [7, 11) is 2.02. The summed E-state index contributed by atoms with van der Waals surface area (Å²) in [5.41, 5.74) is 3.07. The molecule has 3 rings (SSSR count). The molecule has 1 aliphatic carbocycles. The Hall–Kier alpha value is -2.01. The Balaban J connectivity index is 1.65. The highest BCUT2D eigenvalue weighted by atomic mass is 15.2. The van der Waals surface area contributed by atoms with Gasteiger partial charge in [0.25, 0.3) is 0 Å². The molecule has 5 nitrogen and oxygen atoms in total. The van der Waals surface area contributed by atoms with Crippen LogP contribution in [0.4, 0.5) is 5.82 Å². The van der Waals surface area contributed by atoms with Crippen molar-refractivity contribution in [1.29, 1.82) is 0 Å². The number of hydrogen-bond donors (Lipinski definition) is 1. The van der Waals surface area contributed by atoms with E-state index in [0.29, 0.717) is 6.04 Å². The molecule has 2 aromatic rings. The number of aryl methyl sites for hydroxylation is 1. The van der Waals surface area contributed by atoms with E-state index in [9.17, 15) is 0 Å². The molecule has 0 aliphatic heterocycles. The third-order valence-corrected chi connectivity index (χ3v) is 3.56. The Morgan fingerprint density at radius 3 is 2.81 bits per heavy atom. The third-order valence-electron chi connectivity index (χ3n) is 3.56. The Labute approximate surface area is 125 Å². The van der Waals surface area contributed by atoms with Gasteiger partial charge in [0.15, 0.2) is 0 Å². The van der Waals surface area contributed by atoms with Gasteiger partial charge in [0.2, 0.25) is 0 Å². The van der Waals surface area contributed by atoms with Gasteiger partial charge in [-0.25, -0.2) is 4.98 Å². The van der Waals surface area contributed by atoms with E-state index in [2.05, 4.69) is 25.2 Å². The van der Waals surface area contributed by atoms with Gasteiger partial charge in [-0.15, -0.1) is 0 Å². The molecule has 0 atom stereocenters. The number of hydrogen-bond acceptors (Lipinski definition) is 5. The summed E-state index contributed by atoms with van der Waals surface area (Å²) < 4.78 is 0. The van der Waals surface area contributed by atoms with Crippen LogP contribution in [0.5, 0.6) is 0 Å². The van der Waals surface area contributed by atoms with Crippen molar-refractivity contribution < 1.29 is 0 Å². The highest BCUT2D eigenvalue weighted by Gasteiger charge is 2.20. The molecule has 1 saturated carbocycles. The summed E-state index contributed by atoms with van der Waals surface area (Å²) in [6, 6.07) is 6.76. The lowest BCUT2D eigenvalue weighted by Gasteiger charge is -2.18. The zero-order valence-electron chi connectivity index (χ0n) is 12.6. The van der Waals surface area contributed by atoms with Crippen molar-refractivity contribution in [3.63, 3.8) is 0 Å². The SMILES string of the molecule is Cc1cccc(CN(C)c2cncc(CNC3CC3)n2)n1. The second kappa shape index (κ2) is 6.18. The lowest BCUT2D eigenvalue weighted by molar-refractivity contribution is 0.670. The molecule has 0 radical (unpaired) electrons. The number of nitrogens with zero attached hydrogens (tertiary/aromatic N) is 4. The predicted molar refractivity (Wildman–Crippen MR) is 83.0 cm³/mol. The van der Waals surface area contributed by atoms with Gasteiger partial charge >= 0.3 is 0 Å². The minimum Gasteiger partial charge on any atom is -0.352 e. The van der Waals surface area contributed by atoms with Crippen LogP contribution in [0.2, 0.25) is 0 Å². The molecule has 0 aromatic carbocycles. The molecular formula is C16H21N5. The van der Waals surface area contributed by atoms with Gasteiger partial charge in [0.1, 0.15) is 5.82 Å². The summed E-state index contributed by atoms with van der Waals surface area (Å²) >= 11 is 0. The largest absolute Gasteiger partial charge is 0.352 e. The molecule has 1 N–H and O–H groups in total. The topological polar surface area (TPSA) is 53.9 Å². The van der Waals surface area contributed by atoms with Crippen molar-refractivity contribution >= 4 is 5.82 Å². The van der Waals surface area contributed by atoms with Crippen molar-refractivity contribution in [2.24, 2.45) is 0 Å². The van der Waals surface area contributed by atoms with Gasteiger partial charge in [0, 0.05) is 31.5 Å². The Morgan fingerprint density at radius 2 is 2.05 bits per heavy atom. The van der Waals surface area contributed by atoms with Crippen LogP contribution < -0.4 is 10.2 Å². The fourth-order valence-electron chi connectivity index (χ4n) is 2.21. The van der Waals surface area contributed by atoms with E-state index in [-0.39, 0.29) is 0 Å². The lowest BCUT2D eigenvalue weighted by atomic mass is 10.3. The molecule has 1 fully saturated rings. The van der Waals surface area contributed by atoms with Gasteiger partial charge in [-0.1, -0.05) is 6.07 Å². The molecule has 0 amide bonds. The standard InChI is InChI=1S/C16H21N5/c1-12-4-3-5-14(19-12)11-21(2)16-10-17-8-15(20-16)9-18-13-6-7-13/h3-5,8,10,13,18H,6-7,9,11H2,1-2H3. The number of pyridine rings is 1. The second-order valence-electron chi connectivity index (χ2n) is 5.65. The quantitative estimate of drug-likeness (QED) is 0.879. The van der Waals surface area contributed by atoms with Crippen molar-refractivity contribution in [2.75, 3.05) is 11.9 Å². The molecule has 110 valence electrons. The molecule has 0 unspecified atom stereocenters. The summed E-state index contributed by atoms with van der Waals surface area (Å²) in [6.45, 7) is 3.53. The molecular weight excluding hydrogens is 262 g/mol. The number of nitrogens with one attached hydrogen (secondary N) is 1. The average molecular weight is 283 g/mol. The Kier molecular flexibility index (Phi) is 4.10. The summed E-state index contributed by atoms with van der Waals surface area (Å²) in [6.07, 6.45) is 6.20. The minimum absolute atomic E-state index is 0.685. The van der Waals surface area contributed by atoms with Crippen LogP contribution in [0.25, 0.3) is 0 Å². The maximum atomic E-state index is 4.66. The smallest absolute Gasteiger partial charge is 0.147 e. The highest BCUT2D eigenvalue weighted by molar-refractivity contribution is 5.36. The molecule has 0 saturated heterocycles. The van der Waals surface area contributed by atoms with Crippen molar-refractivity contribution in [1.82, 2.24) is 20.3 Å². The Morgan fingerprint density at radius 1 is 1.19 bits per heavy atom. The molecule has 2 aromatic heterocycles. The third kappa shape index (κ3) is 3.98. The number of rotatable bonds is 6. The van der Waals surface area contributed by atoms with E-state index in [1.807, 2.05) is 38.4 Å². The normalized spacial score (nSPS) is 14.2. The first kappa shape index (κ1) is 13.9. The van der Waals surface area contributed by atoms with Crippen LogP contribution >= 0.6 is 0 Å². The molecule has 5 heteroatoms. The van der Waals surface area contributed by atoms with E-state index in [1.165, 1.54) is 12.8 Å². The van der Waals surface area contributed by atoms with Crippen molar-refractivity contribution in [3.05, 3.63) is 47.7 Å². The first-order chi connectivity index (χ1) is 10.2. The number of anilines is 1. The number of aromatic nitrogens is 3. The van der Waals surface area contributed by atoms with Crippen LogP contribution in [0, 0.1) is 6.92 Å².